The van der Waals surface area contributed by atoms with Gasteiger partial charge in [-0.2, -0.15) is 0 Å². The molecule has 14 heavy (non-hydrogen) atoms. The molecule has 0 nitrogen and oxygen atoms in total. The first-order valence-electron chi connectivity index (χ1n) is 5.49. The van der Waals surface area contributed by atoms with Crippen LogP contribution < -0.4 is 0 Å². The Balaban J connectivity index is 2.45. The zero-order valence-electron chi connectivity index (χ0n) is 9.62. The molecule has 0 spiro atoms. The molecule has 0 atom stereocenters. The first-order valence-corrected chi connectivity index (χ1v) is 5.49. The predicted molar refractivity (Wildman–Crippen MR) is 62.0 cm³/mol. The van der Waals surface area contributed by atoms with E-state index in [2.05, 4.69) is 64.2 Å². The molecule has 0 aliphatic heterocycles. The van der Waals surface area contributed by atoms with Crippen molar-refractivity contribution in [1.82, 2.24) is 0 Å². The first kappa shape index (κ1) is 9.76. The van der Waals surface area contributed by atoms with E-state index in [1.165, 1.54) is 0 Å². The van der Waals surface area contributed by atoms with Crippen molar-refractivity contribution in [3.05, 3.63) is 36.5 Å². The minimum Gasteiger partial charge on any atom is -0.0814 e. The fourth-order valence-electron chi connectivity index (χ4n) is 2.25. The van der Waals surface area contributed by atoms with Crippen LogP contribution >= 0.6 is 0 Å². The monoisotopic (exact) mass is 188 g/mol. The summed E-state index contributed by atoms with van der Waals surface area (Å²) in [5, 5.41) is 0. The molecule has 0 aromatic carbocycles. The summed E-state index contributed by atoms with van der Waals surface area (Å²) in [6, 6.07) is 0. The van der Waals surface area contributed by atoms with Gasteiger partial charge in [-0.15, -0.1) is 0 Å². The van der Waals surface area contributed by atoms with Gasteiger partial charge in [0.1, 0.15) is 0 Å². The number of rotatable bonds is 0. The van der Waals surface area contributed by atoms with Crippen LogP contribution in [0, 0.1) is 22.7 Å². The van der Waals surface area contributed by atoms with Gasteiger partial charge in [-0.05, 0) is 10.8 Å². The van der Waals surface area contributed by atoms with Crippen LogP contribution in [-0.2, 0) is 0 Å². The van der Waals surface area contributed by atoms with Crippen LogP contribution in [0.1, 0.15) is 27.7 Å². The molecule has 0 fully saturated rings. The molecule has 2 bridgehead atoms. The van der Waals surface area contributed by atoms with Crippen molar-refractivity contribution in [3.63, 3.8) is 0 Å². The smallest absolute Gasteiger partial charge is 0.00328 e. The largest absolute Gasteiger partial charge is 0.0814 e. The standard InChI is InChI=1S/C14H20/c1-13(2)9-10-14(3,4)12-7-5-11(13)6-8-12/h5-12H,1-4H3. The zero-order chi connectivity index (χ0) is 10.4. The lowest BCUT2D eigenvalue weighted by molar-refractivity contribution is 0.334. The van der Waals surface area contributed by atoms with Crippen LogP contribution in [0.4, 0.5) is 0 Å². The van der Waals surface area contributed by atoms with E-state index in [9.17, 15) is 0 Å². The summed E-state index contributed by atoms with van der Waals surface area (Å²) >= 11 is 0. The van der Waals surface area contributed by atoms with Gasteiger partial charge < -0.3 is 0 Å². The van der Waals surface area contributed by atoms with Gasteiger partial charge in [0.25, 0.3) is 0 Å². The molecular weight excluding hydrogens is 168 g/mol. The highest BCUT2D eigenvalue weighted by molar-refractivity contribution is 5.26. The minimum absolute atomic E-state index is 0.260. The van der Waals surface area contributed by atoms with Crippen LogP contribution in [0.15, 0.2) is 36.5 Å². The lowest BCUT2D eigenvalue weighted by atomic mass is 9.66. The summed E-state index contributed by atoms with van der Waals surface area (Å²) in [6.45, 7) is 9.24. The van der Waals surface area contributed by atoms with E-state index in [1.807, 2.05) is 0 Å². The highest BCUT2D eigenvalue weighted by atomic mass is 14.4. The van der Waals surface area contributed by atoms with Crippen molar-refractivity contribution in [2.45, 2.75) is 27.7 Å². The summed E-state index contributed by atoms with van der Waals surface area (Å²) in [4.78, 5) is 0. The van der Waals surface area contributed by atoms with Crippen molar-refractivity contribution < 1.29 is 0 Å². The van der Waals surface area contributed by atoms with Gasteiger partial charge in [0.15, 0.2) is 0 Å². The number of hydrogen-bond acceptors (Lipinski definition) is 0. The third-order valence-corrected chi connectivity index (χ3v) is 3.71. The van der Waals surface area contributed by atoms with Gasteiger partial charge in [0.05, 0.1) is 0 Å². The molecule has 76 valence electrons. The van der Waals surface area contributed by atoms with E-state index in [1.54, 1.807) is 0 Å². The highest BCUT2D eigenvalue weighted by Gasteiger charge is 2.32. The second-order valence-corrected chi connectivity index (χ2v) is 5.80. The first-order chi connectivity index (χ1) is 6.42. The van der Waals surface area contributed by atoms with Gasteiger partial charge in [-0.1, -0.05) is 64.2 Å². The van der Waals surface area contributed by atoms with Gasteiger partial charge in [-0.25, -0.2) is 0 Å². The van der Waals surface area contributed by atoms with E-state index < -0.39 is 0 Å². The average molecular weight is 188 g/mol. The van der Waals surface area contributed by atoms with Crippen molar-refractivity contribution in [3.8, 4) is 0 Å². The van der Waals surface area contributed by atoms with Gasteiger partial charge in [0, 0.05) is 11.8 Å². The van der Waals surface area contributed by atoms with Gasteiger partial charge in [0.2, 0.25) is 0 Å². The van der Waals surface area contributed by atoms with E-state index in [0.717, 1.165) is 0 Å². The van der Waals surface area contributed by atoms with Crippen LogP contribution in [0.25, 0.3) is 0 Å². The third-order valence-electron chi connectivity index (χ3n) is 3.71. The fourth-order valence-corrected chi connectivity index (χ4v) is 2.25. The van der Waals surface area contributed by atoms with E-state index in [4.69, 9.17) is 0 Å². The van der Waals surface area contributed by atoms with E-state index in [-0.39, 0.29) is 10.8 Å². The second kappa shape index (κ2) is 2.85. The lowest BCUT2D eigenvalue weighted by Crippen LogP contribution is -2.28. The highest BCUT2D eigenvalue weighted by Crippen LogP contribution is 2.42. The Morgan fingerprint density at radius 1 is 0.643 bits per heavy atom. The molecule has 0 amide bonds. The Kier molecular flexibility index (Phi) is 1.99. The molecule has 0 aromatic heterocycles. The molecule has 3 aliphatic rings. The van der Waals surface area contributed by atoms with E-state index in [0.29, 0.717) is 11.8 Å². The zero-order valence-corrected chi connectivity index (χ0v) is 9.62. The molecule has 0 radical (unpaired) electrons. The van der Waals surface area contributed by atoms with Gasteiger partial charge in [-0.3, -0.25) is 0 Å². The lowest BCUT2D eigenvalue weighted by Gasteiger charge is -2.38. The Morgan fingerprint density at radius 2 is 0.929 bits per heavy atom. The van der Waals surface area contributed by atoms with Crippen LogP contribution in [0.3, 0.4) is 0 Å². The Morgan fingerprint density at radius 3 is 1.21 bits per heavy atom. The molecule has 0 heteroatoms. The van der Waals surface area contributed by atoms with Crippen molar-refractivity contribution in [2.24, 2.45) is 22.7 Å². The SMILES string of the molecule is CC1(C)C=CC(C)(C)C2C=CC1C=C2. The Labute approximate surface area is 87.4 Å². The summed E-state index contributed by atoms with van der Waals surface area (Å²) in [6.07, 6.45) is 14.3. The fraction of sp³-hybridized carbons (Fsp3) is 0.571. The third kappa shape index (κ3) is 1.47. The quantitative estimate of drug-likeness (QED) is 0.505. The molecule has 0 heterocycles. The topological polar surface area (TPSA) is 0 Å². The summed E-state index contributed by atoms with van der Waals surface area (Å²) in [7, 11) is 0. The maximum atomic E-state index is 2.39. The second-order valence-electron chi connectivity index (χ2n) is 5.80. The summed E-state index contributed by atoms with van der Waals surface area (Å²) in [5.74, 6) is 1.15. The minimum atomic E-state index is 0.260. The number of fused-ring (bicyclic) bond motifs is 2. The summed E-state index contributed by atoms with van der Waals surface area (Å²) < 4.78 is 0. The molecule has 3 aliphatic carbocycles. The Bertz CT molecular complexity index is 269. The molecule has 0 saturated carbocycles. The van der Waals surface area contributed by atoms with Crippen LogP contribution in [0.2, 0.25) is 0 Å². The van der Waals surface area contributed by atoms with E-state index >= 15 is 0 Å². The molecule has 0 N–H and O–H groups in total. The maximum absolute atomic E-state index is 2.39. The van der Waals surface area contributed by atoms with Crippen molar-refractivity contribution in [2.75, 3.05) is 0 Å². The normalized spacial score (nSPS) is 36.9. The van der Waals surface area contributed by atoms with Crippen LogP contribution in [0.5, 0.6) is 0 Å². The van der Waals surface area contributed by atoms with Crippen molar-refractivity contribution >= 4 is 0 Å². The molecular formula is C14H20. The number of hydrogen-bond donors (Lipinski definition) is 0. The molecule has 3 rings (SSSR count). The van der Waals surface area contributed by atoms with Crippen molar-refractivity contribution in [1.29, 1.82) is 0 Å². The predicted octanol–water partition coefficient (Wildman–Crippen LogP) is 3.97. The molecule has 0 unspecified atom stereocenters. The van der Waals surface area contributed by atoms with Crippen LogP contribution in [-0.4, -0.2) is 0 Å². The summed E-state index contributed by atoms with van der Waals surface area (Å²) in [5.41, 5.74) is 0.519. The number of allylic oxidation sites excluding steroid dienone is 6. The molecule has 0 aromatic rings. The average Bonchev–Trinajstić information content (AvgIpc) is 2.15. The molecule has 0 saturated heterocycles. The van der Waals surface area contributed by atoms with Gasteiger partial charge >= 0.3 is 0 Å². The Hall–Kier alpha value is -0.780. The maximum Gasteiger partial charge on any atom is 0.00328 e.